The SMILES string of the molecule is COc1ccc(C(=O)NCCc2ncn[nH]2)cc1F. The van der Waals surface area contributed by atoms with E-state index in [1.165, 1.54) is 25.6 Å². The maximum absolute atomic E-state index is 13.4. The molecule has 0 aliphatic rings. The summed E-state index contributed by atoms with van der Waals surface area (Å²) in [6.45, 7) is 0.391. The van der Waals surface area contributed by atoms with Crippen LogP contribution < -0.4 is 10.1 Å². The first-order valence-electron chi connectivity index (χ1n) is 5.66. The molecule has 2 N–H and O–H groups in total. The molecular formula is C12H13FN4O2. The summed E-state index contributed by atoms with van der Waals surface area (Å²) < 4.78 is 18.2. The number of rotatable bonds is 5. The molecular weight excluding hydrogens is 251 g/mol. The number of H-pyrrole nitrogens is 1. The largest absolute Gasteiger partial charge is 0.494 e. The second kappa shape index (κ2) is 5.94. The summed E-state index contributed by atoms with van der Waals surface area (Å²) in [6, 6.07) is 4.06. The molecule has 0 aliphatic heterocycles. The first-order valence-corrected chi connectivity index (χ1v) is 5.66. The molecule has 2 aromatic rings. The van der Waals surface area contributed by atoms with Gasteiger partial charge in [-0.05, 0) is 18.2 Å². The molecule has 0 saturated carbocycles. The Hall–Kier alpha value is -2.44. The molecule has 0 fully saturated rings. The average Bonchev–Trinajstić information content (AvgIpc) is 2.91. The predicted octanol–water partition coefficient (Wildman–Crippen LogP) is 0.925. The number of hydrogen-bond donors (Lipinski definition) is 2. The number of carbonyl (C=O) groups excluding carboxylic acids is 1. The van der Waals surface area contributed by atoms with Gasteiger partial charge in [-0.3, -0.25) is 9.89 Å². The van der Waals surface area contributed by atoms with Crippen LogP contribution >= 0.6 is 0 Å². The van der Waals surface area contributed by atoms with Gasteiger partial charge in [0.05, 0.1) is 7.11 Å². The first kappa shape index (κ1) is 13.0. The number of benzene rings is 1. The minimum Gasteiger partial charge on any atom is -0.494 e. The van der Waals surface area contributed by atoms with Gasteiger partial charge in [0.2, 0.25) is 0 Å². The van der Waals surface area contributed by atoms with Crippen LogP contribution in [-0.2, 0) is 6.42 Å². The minimum absolute atomic E-state index is 0.109. The summed E-state index contributed by atoms with van der Waals surface area (Å²) in [6.07, 6.45) is 1.93. The highest BCUT2D eigenvalue weighted by molar-refractivity contribution is 5.94. The van der Waals surface area contributed by atoms with Crippen LogP contribution in [0.5, 0.6) is 5.75 Å². The molecule has 19 heavy (non-hydrogen) atoms. The highest BCUT2D eigenvalue weighted by Gasteiger charge is 2.09. The molecule has 0 bridgehead atoms. The van der Waals surface area contributed by atoms with E-state index in [9.17, 15) is 9.18 Å². The first-order chi connectivity index (χ1) is 9.20. The summed E-state index contributed by atoms with van der Waals surface area (Å²) in [5.74, 6) is -0.120. The van der Waals surface area contributed by atoms with E-state index in [0.29, 0.717) is 18.8 Å². The number of hydrogen-bond acceptors (Lipinski definition) is 4. The van der Waals surface area contributed by atoms with Gasteiger partial charge in [0, 0.05) is 18.5 Å². The zero-order valence-electron chi connectivity index (χ0n) is 10.3. The highest BCUT2D eigenvalue weighted by atomic mass is 19.1. The maximum Gasteiger partial charge on any atom is 0.251 e. The lowest BCUT2D eigenvalue weighted by molar-refractivity contribution is 0.0953. The van der Waals surface area contributed by atoms with Gasteiger partial charge in [0.15, 0.2) is 11.6 Å². The molecule has 1 aromatic heterocycles. The quantitative estimate of drug-likeness (QED) is 0.841. The Kier molecular flexibility index (Phi) is 4.07. The molecule has 1 aromatic carbocycles. The Balaban J connectivity index is 1.91. The molecule has 0 saturated heterocycles. The van der Waals surface area contributed by atoms with E-state index >= 15 is 0 Å². The Morgan fingerprint density at radius 1 is 1.53 bits per heavy atom. The van der Waals surface area contributed by atoms with Crippen molar-refractivity contribution in [1.29, 1.82) is 0 Å². The lowest BCUT2D eigenvalue weighted by atomic mass is 10.2. The molecule has 0 radical (unpaired) electrons. The van der Waals surface area contributed by atoms with Crippen molar-refractivity contribution in [2.75, 3.05) is 13.7 Å². The number of methoxy groups -OCH3 is 1. The van der Waals surface area contributed by atoms with E-state index in [0.717, 1.165) is 6.07 Å². The lowest BCUT2D eigenvalue weighted by Gasteiger charge is -2.06. The molecule has 6 nitrogen and oxygen atoms in total. The van der Waals surface area contributed by atoms with Crippen molar-refractivity contribution < 1.29 is 13.9 Å². The van der Waals surface area contributed by atoms with Crippen LogP contribution in [0.1, 0.15) is 16.2 Å². The van der Waals surface area contributed by atoms with Crippen LogP contribution in [0.15, 0.2) is 24.5 Å². The third-order valence-electron chi connectivity index (χ3n) is 2.53. The fourth-order valence-electron chi connectivity index (χ4n) is 1.56. The Morgan fingerprint density at radius 2 is 2.37 bits per heavy atom. The molecule has 1 amide bonds. The molecule has 2 rings (SSSR count). The average molecular weight is 264 g/mol. The number of nitrogens with one attached hydrogen (secondary N) is 2. The van der Waals surface area contributed by atoms with Gasteiger partial charge in [0.25, 0.3) is 5.91 Å². The van der Waals surface area contributed by atoms with E-state index in [1.54, 1.807) is 0 Å². The van der Waals surface area contributed by atoms with Gasteiger partial charge in [-0.1, -0.05) is 0 Å². The molecule has 1 heterocycles. The maximum atomic E-state index is 13.4. The van der Waals surface area contributed by atoms with Gasteiger partial charge in [-0.15, -0.1) is 0 Å². The summed E-state index contributed by atoms with van der Waals surface area (Å²) in [4.78, 5) is 15.7. The van der Waals surface area contributed by atoms with Gasteiger partial charge in [-0.25, -0.2) is 9.37 Å². The Morgan fingerprint density at radius 3 is 3.00 bits per heavy atom. The van der Waals surface area contributed by atoms with Crippen molar-refractivity contribution in [3.8, 4) is 5.75 Å². The summed E-state index contributed by atoms with van der Waals surface area (Å²) >= 11 is 0. The van der Waals surface area contributed by atoms with Gasteiger partial charge in [-0.2, -0.15) is 5.10 Å². The van der Waals surface area contributed by atoms with Crippen molar-refractivity contribution in [2.24, 2.45) is 0 Å². The number of halogens is 1. The van der Waals surface area contributed by atoms with Crippen LogP contribution in [-0.4, -0.2) is 34.7 Å². The molecule has 0 spiro atoms. The van der Waals surface area contributed by atoms with E-state index in [1.807, 2.05) is 0 Å². The third kappa shape index (κ3) is 3.27. The standard InChI is InChI=1S/C12H13FN4O2/c1-19-10-3-2-8(6-9(10)13)12(18)14-5-4-11-15-7-16-17-11/h2-3,6-7H,4-5H2,1H3,(H,14,18)(H,15,16,17). The minimum atomic E-state index is -0.564. The summed E-state index contributed by atoms with van der Waals surface area (Å²) in [5.41, 5.74) is 0.246. The Bertz CT molecular complexity index is 557. The number of carbonyl (C=O) groups is 1. The second-order valence-corrected chi connectivity index (χ2v) is 3.79. The normalized spacial score (nSPS) is 10.2. The topological polar surface area (TPSA) is 79.9 Å². The van der Waals surface area contributed by atoms with E-state index in [-0.39, 0.29) is 17.2 Å². The molecule has 100 valence electrons. The van der Waals surface area contributed by atoms with Crippen LogP contribution in [0.2, 0.25) is 0 Å². The Labute approximate surface area is 109 Å². The molecule has 7 heteroatoms. The predicted molar refractivity (Wildman–Crippen MR) is 65.4 cm³/mol. The molecule has 0 aliphatic carbocycles. The molecule has 0 atom stereocenters. The fraction of sp³-hybridized carbons (Fsp3) is 0.250. The number of amides is 1. The van der Waals surface area contributed by atoms with Gasteiger partial charge >= 0.3 is 0 Å². The van der Waals surface area contributed by atoms with Crippen molar-refractivity contribution in [3.63, 3.8) is 0 Å². The number of nitrogens with zero attached hydrogens (tertiary/aromatic N) is 2. The lowest BCUT2D eigenvalue weighted by Crippen LogP contribution is -2.26. The van der Waals surface area contributed by atoms with E-state index in [2.05, 4.69) is 20.5 Å². The smallest absolute Gasteiger partial charge is 0.251 e. The summed E-state index contributed by atoms with van der Waals surface area (Å²) in [7, 11) is 1.37. The second-order valence-electron chi connectivity index (χ2n) is 3.79. The van der Waals surface area contributed by atoms with Gasteiger partial charge in [0.1, 0.15) is 12.2 Å². The van der Waals surface area contributed by atoms with Crippen LogP contribution in [0.4, 0.5) is 4.39 Å². The number of ether oxygens (including phenoxy) is 1. The monoisotopic (exact) mass is 264 g/mol. The van der Waals surface area contributed by atoms with Crippen molar-refractivity contribution in [1.82, 2.24) is 20.5 Å². The zero-order chi connectivity index (χ0) is 13.7. The number of aromatic nitrogens is 3. The van der Waals surface area contributed by atoms with Crippen molar-refractivity contribution in [2.45, 2.75) is 6.42 Å². The third-order valence-corrected chi connectivity index (χ3v) is 2.53. The van der Waals surface area contributed by atoms with Crippen molar-refractivity contribution >= 4 is 5.91 Å². The van der Waals surface area contributed by atoms with Crippen molar-refractivity contribution in [3.05, 3.63) is 41.7 Å². The number of aromatic amines is 1. The van der Waals surface area contributed by atoms with E-state index in [4.69, 9.17) is 4.74 Å². The highest BCUT2D eigenvalue weighted by Crippen LogP contribution is 2.17. The zero-order valence-corrected chi connectivity index (χ0v) is 10.3. The van der Waals surface area contributed by atoms with Gasteiger partial charge < -0.3 is 10.1 Å². The molecule has 0 unspecified atom stereocenters. The van der Waals surface area contributed by atoms with Crippen LogP contribution in [0.3, 0.4) is 0 Å². The van der Waals surface area contributed by atoms with E-state index < -0.39 is 5.82 Å². The summed E-state index contributed by atoms with van der Waals surface area (Å²) in [5, 5.41) is 9.05. The van der Waals surface area contributed by atoms with Crippen LogP contribution in [0.25, 0.3) is 0 Å². The van der Waals surface area contributed by atoms with Crippen LogP contribution in [0, 0.1) is 5.82 Å². The fourth-order valence-corrected chi connectivity index (χ4v) is 1.56.